The van der Waals surface area contributed by atoms with E-state index in [2.05, 4.69) is 29.1 Å². The maximum absolute atomic E-state index is 14.6. The second kappa shape index (κ2) is 14.6. The quantitative estimate of drug-likeness (QED) is 0.172. The van der Waals surface area contributed by atoms with Gasteiger partial charge >= 0.3 is 5.97 Å². The molecule has 1 aromatic rings. The number of nitrogens with zero attached hydrogens (tertiary/aromatic N) is 3. The predicted octanol–water partition coefficient (Wildman–Crippen LogP) is 4.42. The Labute approximate surface area is 287 Å². The van der Waals surface area contributed by atoms with Crippen LogP contribution in [-0.2, 0) is 28.7 Å². The molecule has 2 bridgehead atoms. The van der Waals surface area contributed by atoms with E-state index >= 15 is 0 Å². The number of aliphatic hydroxyl groups excluding tert-OH is 1. The molecular weight excluding hydrogens is 666 g/mol. The third kappa shape index (κ3) is 6.68. The molecule has 11 heteroatoms. The number of hydrogen-bond donors (Lipinski definition) is 1. The van der Waals surface area contributed by atoms with Crippen molar-refractivity contribution in [2.45, 2.75) is 107 Å². The minimum atomic E-state index is -1.31. The van der Waals surface area contributed by atoms with Crippen molar-refractivity contribution in [2.75, 3.05) is 20.2 Å². The number of ether oxygens (including phenoxy) is 2. The first kappa shape index (κ1) is 36.8. The average molecular weight is 717 g/mol. The largest absolute Gasteiger partial charge is 0.455 e. The van der Waals surface area contributed by atoms with E-state index in [1.54, 1.807) is 29.0 Å². The molecule has 3 heterocycles. The number of benzene rings is 1. The van der Waals surface area contributed by atoms with Gasteiger partial charge in [0, 0.05) is 30.4 Å². The van der Waals surface area contributed by atoms with Crippen LogP contribution in [0.25, 0.3) is 0 Å². The van der Waals surface area contributed by atoms with Crippen LogP contribution in [-0.4, -0.2) is 104 Å². The Morgan fingerprint density at radius 3 is 2.43 bits per heavy atom. The molecule has 3 aliphatic rings. The van der Waals surface area contributed by atoms with Crippen LogP contribution in [0.15, 0.2) is 55.6 Å². The molecule has 1 spiro atoms. The molecule has 10 nitrogen and oxygen atoms in total. The summed E-state index contributed by atoms with van der Waals surface area (Å²) in [5.41, 5.74) is -1.21. The minimum Gasteiger partial charge on any atom is -0.455 e. The van der Waals surface area contributed by atoms with Crippen molar-refractivity contribution < 1.29 is 33.8 Å². The van der Waals surface area contributed by atoms with E-state index in [-0.39, 0.29) is 36.2 Å². The predicted molar refractivity (Wildman–Crippen MR) is 182 cm³/mol. The fourth-order valence-electron chi connectivity index (χ4n) is 7.52. The Morgan fingerprint density at radius 1 is 1.21 bits per heavy atom. The van der Waals surface area contributed by atoms with Gasteiger partial charge in [-0.25, -0.2) is 0 Å². The third-order valence-electron chi connectivity index (χ3n) is 10.1. The Balaban J connectivity index is 1.76. The number of carbonyl (C=O) groups is 4. The van der Waals surface area contributed by atoms with E-state index in [1.165, 1.54) is 4.90 Å². The van der Waals surface area contributed by atoms with Gasteiger partial charge in [-0.1, -0.05) is 65.3 Å². The van der Waals surface area contributed by atoms with Crippen LogP contribution >= 0.6 is 15.9 Å². The molecule has 3 aliphatic heterocycles. The number of allylic oxidation sites excluding steroid dienone is 1. The molecule has 3 saturated heterocycles. The highest BCUT2D eigenvalue weighted by molar-refractivity contribution is 9.09. The highest BCUT2D eigenvalue weighted by Gasteiger charge is 2.77. The zero-order chi connectivity index (χ0) is 34.8. The highest BCUT2D eigenvalue weighted by atomic mass is 79.9. The lowest BCUT2D eigenvalue weighted by molar-refractivity contribution is -0.165. The standard InChI is InChI=1S/C36H50BrN3O7/c1-9-12-18-26(42)38(8)22(4)29(23-16-14-13-15-17-23)46-34(45)27-28-32(43)40(24(11-3)21-41)31(36(28)20-25(37)30(27)47-36)33(44)39(19-10-2)35(5,6)7/h9-10,13-17,22,24-25,27-31,41H,1-2,11-12,18-21H2,3-8H3/t22-,24+,25?,27+,28-,29+,30+,31+,36-/m1/s1. The second-order valence-electron chi connectivity index (χ2n) is 13.9. The first-order valence-electron chi connectivity index (χ1n) is 16.5. The Bertz CT molecular complexity index is 1350. The van der Waals surface area contributed by atoms with Crippen molar-refractivity contribution in [3.05, 3.63) is 61.2 Å². The van der Waals surface area contributed by atoms with Crippen LogP contribution in [0.4, 0.5) is 0 Å². The maximum Gasteiger partial charge on any atom is 0.313 e. The summed E-state index contributed by atoms with van der Waals surface area (Å²) in [6, 6.07) is 6.97. The van der Waals surface area contributed by atoms with Gasteiger partial charge in [0.25, 0.3) is 0 Å². The first-order chi connectivity index (χ1) is 22.2. The van der Waals surface area contributed by atoms with Gasteiger partial charge in [-0.15, -0.1) is 13.2 Å². The number of alkyl halides is 1. The SMILES string of the molecule is C=CCCC(=O)N(C)[C@H](C)[C@H](OC(=O)[C@@H]1[C@H]2O[C@@]3(CC2Br)[C@H](C(=O)N(CC=C)C(C)(C)C)N([C@@H](CC)CO)C(=O)[C@@H]13)c1ccccc1. The second-order valence-corrected chi connectivity index (χ2v) is 15.1. The molecule has 3 amide bonds. The summed E-state index contributed by atoms with van der Waals surface area (Å²) in [6.45, 7) is 16.9. The molecule has 4 rings (SSSR count). The van der Waals surface area contributed by atoms with E-state index in [4.69, 9.17) is 9.47 Å². The highest BCUT2D eigenvalue weighted by Crippen LogP contribution is 2.61. The van der Waals surface area contributed by atoms with E-state index in [9.17, 15) is 24.3 Å². The zero-order valence-corrected chi connectivity index (χ0v) is 30.0. The van der Waals surface area contributed by atoms with Gasteiger partial charge in [0.15, 0.2) is 0 Å². The summed E-state index contributed by atoms with van der Waals surface area (Å²) in [7, 11) is 1.68. The van der Waals surface area contributed by atoms with Gasteiger partial charge in [-0.3, -0.25) is 19.2 Å². The van der Waals surface area contributed by atoms with E-state index in [0.717, 1.165) is 0 Å². The number of fused-ring (bicyclic) bond motifs is 1. The maximum atomic E-state index is 14.6. The molecule has 0 saturated carbocycles. The lowest BCUT2D eigenvalue weighted by atomic mass is 9.70. The fourth-order valence-corrected chi connectivity index (χ4v) is 8.46. The van der Waals surface area contributed by atoms with Crippen LogP contribution in [0.3, 0.4) is 0 Å². The molecule has 0 radical (unpaired) electrons. The lowest BCUT2D eigenvalue weighted by Gasteiger charge is -2.43. The van der Waals surface area contributed by atoms with Crippen LogP contribution in [0.2, 0.25) is 0 Å². The van der Waals surface area contributed by atoms with Gasteiger partial charge in [0.1, 0.15) is 17.7 Å². The molecule has 0 aromatic heterocycles. The third-order valence-corrected chi connectivity index (χ3v) is 10.9. The number of halogens is 1. The number of carbonyl (C=O) groups excluding carboxylic acids is 4. The van der Waals surface area contributed by atoms with Gasteiger partial charge < -0.3 is 29.3 Å². The van der Waals surface area contributed by atoms with Gasteiger partial charge in [0.2, 0.25) is 17.7 Å². The normalized spacial score (nSPS) is 28.3. The molecule has 1 unspecified atom stereocenters. The van der Waals surface area contributed by atoms with Crippen molar-refractivity contribution in [1.29, 1.82) is 0 Å². The topological polar surface area (TPSA) is 117 Å². The zero-order valence-electron chi connectivity index (χ0n) is 28.4. The summed E-state index contributed by atoms with van der Waals surface area (Å²) >= 11 is 3.72. The summed E-state index contributed by atoms with van der Waals surface area (Å²) in [5.74, 6) is -3.47. The lowest BCUT2D eigenvalue weighted by Crippen LogP contribution is -2.61. The molecule has 258 valence electrons. The van der Waals surface area contributed by atoms with Crippen LogP contribution in [0.5, 0.6) is 0 Å². The Kier molecular flexibility index (Phi) is 11.4. The number of hydrogen-bond acceptors (Lipinski definition) is 7. The number of likely N-dealkylation sites (N-methyl/N-ethyl adjacent to an activating group) is 1. The monoisotopic (exact) mass is 715 g/mol. The summed E-state index contributed by atoms with van der Waals surface area (Å²) in [6.07, 6.45) is 3.31. The van der Waals surface area contributed by atoms with Crippen molar-refractivity contribution in [1.82, 2.24) is 14.7 Å². The van der Waals surface area contributed by atoms with Gasteiger partial charge in [-0.05, 0) is 52.5 Å². The molecule has 47 heavy (non-hydrogen) atoms. The van der Waals surface area contributed by atoms with Crippen LogP contribution < -0.4 is 0 Å². The van der Waals surface area contributed by atoms with Crippen molar-refractivity contribution in [2.24, 2.45) is 11.8 Å². The van der Waals surface area contributed by atoms with Gasteiger partial charge in [0.05, 0.1) is 36.6 Å². The van der Waals surface area contributed by atoms with Crippen molar-refractivity contribution in [3.8, 4) is 0 Å². The van der Waals surface area contributed by atoms with Crippen molar-refractivity contribution in [3.63, 3.8) is 0 Å². The number of likely N-dealkylation sites (tertiary alicyclic amines) is 1. The molecule has 3 fully saturated rings. The van der Waals surface area contributed by atoms with Crippen molar-refractivity contribution >= 4 is 39.6 Å². The Morgan fingerprint density at radius 2 is 1.87 bits per heavy atom. The summed E-state index contributed by atoms with van der Waals surface area (Å²) in [4.78, 5) is 61.0. The molecule has 1 N–H and O–H groups in total. The number of esters is 1. The Hall–Kier alpha value is -3.02. The van der Waals surface area contributed by atoms with Gasteiger partial charge in [-0.2, -0.15) is 0 Å². The fraction of sp³-hybridized carbons (Fsp3) is 0.611. The van der Waals surface area contributed by atoms with E-state index in [1.807, 2.05) is 65.0 Å². The molecule has 0 aliphatic carbocycles. The first-order valence-corrected chi connectivity index (χ1v) is 17.4. The summed E-state index contributed by atoms with van der Waals surface area (Å²) < 4.78 is 13.0. The average Bonchev–Trinajstić information content (AvgIpc) is 3.64. The molecule has 1 aromatic carbocycles. The molecular formula is C36H50BrN3O7. The number of aliphatic hydroxyl groups is 1. The van der Waals surface area contributed by atoms with E-state index in [0.29, 0.717) is 24.8 Å². The van der Waals surface area contributed by atoms with E-state index < -0.39 is 65.2 Å². The minimum absolute atomic E-state index is 0.113. The van der Waals surface area contributed by atoms with Crippen LogP contribution in [0.1, 0.15) is 72.0 Å². The number of rotatable bonds is 14. The summed E-state index contributed by atoms with van der Waals surface area (Å²) in [5, 5.41) is 10.4. The molecule has 9 atom stereocenters. The number of amides is 3. The smallest absolute Gasteiger partial charge is 0.313 e. The van der Waals surface area contributed by atoms with Crippen LogP contribution in [0, 0.1) is 11.8 Å².